The first-order valence-corrected chi connectivity index (χ1v) is 12.4. The molecule has 0 bridgehead atoms. The van der Waals surface area contributed by atoms with Gasteiger partial charge in [0, 0.05) is 50.4 Å². The van der Waals surface area contributed by atoms with Gasteiger partial charge >= 0.3 is 0 Å². The van der Waals surface area contributed by atoms with Gasteiger partial charge < -0.3 is 9.64 Å². The molecule has 30 heavy (non-hydrogen) atoms. The molecule has 1 fully saturated rings. The lowest BCUT2D eigenvalue weighted by molar-refractivity contribution is 0.0368. The van der Waals surface area contributed by atoms with Gasteiger partial charge in [-0.15, -0.1) is 0 Å². The molecule has 8 heteroatoms. The van der Waals surface area contributed by atoms with E-state index in [-0.39, 0.29) is 0 Å². The highest BCUT2D eigenvalue weighted by molar-refractivity contribution is 9.10. The van der Waals surface area contributed by atoms with E-state index in [9.17, 15) is 8.42 Å². The fourth-order valence-electron chi connectivity index (χ4n) is 3.44. The smallest absolute Gasteiger partial charge is 0.243 e. The number of anilines is 1. The molecule has 0 amide bonds. The molecule has 0 unspecified atom stereocenters. The predicted octanol–water partition coefficient (Wildman–Crippen LogP) is 3.43. The average molecular weight is 496 g/mol. The standard InChI is InChI=1S/C22H30BrN3O3S/c1-24(2)21-8-4-19(5-9-21)18-26(13-3-12-25-14-16-29-17-15-25)30(27,28)22-10-6-20(23)7-11-22/h4-11H,3,12-18H2,1-2H3. The lowest BCUT2D eigenvalue weighted by Gasteiger charge is -2.28. The highest BCUT2D eigenvalue weighted by Gasteiger charge is 2.25. The van der Waals surface area contributed by atoms with E-state index >= 15 is 0 Å². The minimum atomic E-state index is -3.59. The van der Waals surface area contributed by atoms with Crippen LogP contribution in [0.2, 0.25) is 0 Å². The largest absolute Gasteiger partial charge is 0.379 e. The van der Waals surface area contributed by atoms with Crippen LogP contribution in [0.1, 0.15) is 12.0 Å². The molecule has 0 saturated carbocycles. The summed E-state index contributed by atoms with van der Waals surface area (Å²) in [5.74, 6) is 0. The molecule has 0 radical (unpaired) electrons. The number of halogens is 1. The van der Waals surface area contributed by atoms with Crippen molar-refractivity contribution in [1.82, 2.24) is 9.21 Å². The van der Waals surface area contributed by atoms with Crippen molar-refractivity contribution in [3.8, 4) is 0 Å². The second-order valence-electron chi connectivity index (χ2n) is 7.66. The van der Waals surface area contributed by atoms with E-state index in [1.54, 1.807) is 28.6 Å². The second kappa shape index (κ2) is 10.7. The molecule has 0 atom stereocenters. The Kier molecular flexibility index (Phi) is 8.30. The normalized spacial score (nSPS) is 15.5. The molecule has 0 aliphatic carbocycles. The van der Waals surface area contributed by atoms with Crippen LogP contribution in [-0.4, -0.2) is 71.1 Å². The first kappa shape index (κ1) is 23.2. The summed E-state index contributed by atoms with van der Waals surface area (Å²) in [7, 11) is 0.395. The maximum absolute atomic E-state index is 13.4. The van der Waals surface area contributed by atoms with Gasteiger partial charge in [-0.1, -0.05) is 28.1 Å². The monoisotopic (exact) mass is 495 g/mol. The molecule has 1 saturated heterocycles. The SMILES string of the molecule is CN(C)c1ccc(CN(CCCN2CCOCC2)S(=O)(=O)c2ccc(Br)cc2)cc1. The van der Waals surface area contributed by atoms with E-state index < -0.39 is 10.0 Å². The number of benzene rings is 2. The van der Waals surface area contributed by atoms with Crippen molar-refractivity contribution in [1.29, 1.82) is 0 Å². The summed E-state index contributed by atoms with van der Waals surface area (Å²) in [5, 5.41) is 0. The van der Waals surface area contributed by atoms with Gasteiger partial charge in [-0.2, -0.15) is 4.31 Å². The van der Waals surface area contributed by atoms with E-state index in [4.69, 9.17) is 4.74 Å². The summed E-state index contributed by atoms with van der Waals surface area (Å²) in [6, 6.07) is 14.9. The van der Waals surface area contributed by atoms with Gasteiger partial charge in [-0.05, 0) is 54.9 Å². The summed E-state index contributed by atoms with van der Waals surface area (Å²) in [4.78, 5) is 4.68. The van der Waals surface area contributed by atoms with Crippen LogP contribution in [0.3, 0.4) is 0 Å². The van der Waals surface area contributed by atoms with Crippen molar-refractivity contribution in [2.45, 2.75) is 17.9 Å². The average Bonchev–Trinajstić information content (AvgIpc) is 2.74. The fraction of sp³-hybridized carbons (Fsp3) is 0.455. The third kappa shape index (κ3) is 6.28. The van der Waals surface area contributed by atoms with Crippen molar-refractivity contribution < 1.29 is 13.2 Å². The highest BCUT2D eigenvalue weighted by Crippen LogP contribution is 2.22. The van der Waals surface area contributed by atoms with E-state index in [0.717, 1.165) is 55.0 Å². The van der Waals surface area contributed by atoms with E-state index in [0.29, 0.717) is 18.0 Å². The number of hydrogen-bond acceptors (Lipinski definition) is 5. The quantitative estimate of drug-likeness (QED) is 0.533. The van der Waals surface area contributed by atoms with Crippen LogP contribution in [0, 0.1) is 0 Å². The summed E-state index contributed by atoms with van der Waals surface area (Å²) in [6.45, 7) is 5.02. The molecular formula is C22H30BrN3O3S. The van der Waals surface area contributed by atoms with Crippen molar-refractivity contribution >= 4 is 31.6 Å². The Hall–Kier alpha value is -1.45. The lowest BCUT2D eigenvalue weighted by atomic mass is 10.2. The minimum absolute atomic E-state index is 0.321. The van der Waals surface area contributed by atoms with Gasteiger partial charge in [0.05, 0.1) is 18.1 Å². The Balaban J connectivity index is 1.75. The third-order valence-corrected chi connectivity index (χ3v) is 7.64. The van der Waals surface area contributed by atoms with Gasteiger partial charge in [0.15, 0.2) is 0 Å². The molecule has 1 heterocycles. The Morgan fingerprint density at radius 3 is 2.23 bits per heavy atom. The molecule has 2 aromatic carbocycles. The maximum atomic E-state index is 13.4. The van der Waals surface area contributed by atoms with E-state index in [1.165, 1.54) is 0 Å². The molecule has 1 aliphatic heterocycles. The summed E-state index contributed by atoms with van der Waals surface area (Å²) in [5.41, 5.74) is 2.07. The minimum Gasteiger partial charge on any atom is -0.379 e. The van der Waals surface area contributed by atoms with Gasteiger partial charge in [0.25, 0.3) is 0 Å². The zero-order valence-corrected chi connectivity index (χ0v) is 20.0. The van der Waals surface area contributed by atoms with Crippen LogP contribution in [0.25, 0.3) is 0 Å². The molecule has 6 nitrogen and oxygen atoms in total. The number of hydrogen-bond donors (Lipinski definition) is 0. The Morgan fingerprint density at radius 2 is 1.63 bits per heavy atom. The molecule has 0 N–H and O–H groups in total. The van der Waals surface area contributed by atoms with Crippen LogP contribution in [-0.2, 0) is 21.3 Å². The van der Waals surface area contributed by atoms with Crippen LogP contribution in [0.4, 0.5) is 5.69 Å². The number of ether oxygens (including phenoxy) is 1. The van der Waals surface area contributed by atoms with Gasteiger partial charge in [-0.3, -0.25) is 4.90 Å². The van der Waals surface area contributed by atoms with E-state index in [1.807, 2.05) is 43.3 Å². The maximum Gasteiger partial charge on any atom is 0.243 e. The number of rotatable bonds is 9. The van der Waals surface area contributed by atoms with Gasteiger partial charge in [0.2, 0.25) is 10.0 Å². The molecule has 1 aliphatic rings. The highest BCUT2D eigenvalue weighted by atomic mass is 79.9. The number of sulfonamides is 1. The lowest BCUT2D eigenvalue weighted by Crippen LogP contribution is -2.39. The van der Waals surface area contributed by atoms with Gasteiger partial charge in [-0.25, -0.2) is 8.42 Å². The molecule has 0 aromatic heterocycles. The molecule has 2 aromatic rings. The summed E-state index contributed by atoms with van der Waals surface area (Å²) < 4.78 is 34.6. The van der Waals surface area contributed by atoms with Crippen LogP contribution in [0.15, 0.2) is 57.9 Å². The van der Waals surface area contributed by atoms with Crippen LogP contribution >= 0.6 is 15.9 Å². The first-order chi connectivity index (χ1) is 14.4. The van der Waals surface area contributed by atoms with E-state index in [2.05, 4.69) is 20.8 Å². The third-order valence-electron chi connectivity index (χ3n) is 5.25. The summed E-state index contributed by atoms with van der Waals surface area (Å²) >= 11 is 3.38. The number of morpholine rings is 1. The van der Waals surface area contributed by atoms with Crippen LogP contribution in [0.5, 0.6) is 0 Å². The zero-order chi connectivity index (χ0) is 21.6. The van der Waals surface area contributed by atoms with Crippen molar-refractivity contribution in [2.24, 2.45) is 0 Å². The Bertz CT molecular complexity index is 896. The van der Waals surface area contributed by atoms with Crippen molar-refractivity contribution in [3.63, 3.8) is 0 Å². The predicted molar refractivity (Wildman–Crippen MR) is 124 cm³/mol. The molecule has 3 rings (SSSR count). The molecule has 164 valence electrons. The fourth-order valence-corrected chi connectivity index (χ4v) is 5.17. The molecule has 0 spiro atoms. The number of nitrogens with zero attached hydrogens (tertiary/aromatic N) is 3. The van der Waals surface area contributed by atoms with Crippen LogP contribution < -0.4 is 4.90 Å². The first-order valence-electron chi connectivity index (χ1n) is 10.2. The van der Waals surface area contributed by atoms with Crippen molar-refractivity contribution in [2.75, 3.05) is 58.4 Å². The zero-order valence-electron chi connectivity index (χ0n) is 17.6. The second-order valence-corrected chi connectivity index (χ2v) is 10.5. The van der Waals surface area contributed by atoms with Gasteiger partial charge in [0.1, 0.15) is 0 Å². The molecular weight excluding hydrogens is 466 g/mol. The summed E-state index contributed by atoms with van der Waals surface area (Å²) in [6.07, 6.45) is 0.783. The topological polar surface area (TPSA) is 53.1 Å². The Labute approximate surface area is 188 Å². The van der Waals surface area contributed by atoms with Crippen molar-refractivity contribution in [3.05, 3.63) is 58.6 Å². The Morgan fingerprint density at radius 1 is 1.00 bits per heavy atom.